The number of benzene rings is 3. The minimum atomic E-state index is -0.638. The van der Waals surface area contributed by atoms with E-state index in [1.807, 2.05) is 30.3 Å². The van der Waals surface area contributed by atoms with Crippen molar-refractivity contribution in [3.63, 3.8) is 0 Å². The Labute approximate surface area is 179 Å². The first kappa shape index (κ1) is 21.6. The van der Waals surface area contributed by atoms with Crippen LogP contribution in [0.2, 0.25) is 0 Å². The largest absolute Gasteiger partial charge is 0.489 e. The van der Waals surface area contributed by atoms with Crippen molar-refractivity contribution in [3.8, 4) is 5.75 Å². The van der Waals surface area contributed by atoms with E-state index < -0.39 is 17.8 Å². The maximum Gasteiger partial charge on any atom is 0.337 e. The standard InChI is InChI=1S/C24H21NO6/c1-29-23(27)18-12-19(24(28)30-2)14-20(13-18)25-22(26)17-8-10-21(11-9-17)31-15-16-6-4-3-5-7-16/h3-14H,15H2,1-2H3,(H,25,26). The highest BCUT2D eigenvalue weighted by atomic mass is 16.5. The Balaban J connectivity index is 1.71. The number of rotatable bonds is 7. The number of esters is 2. The molecule has 0 fully saturated rings. The third kappa shape index (κ3) is 5.70. The number of hydrogen-bond donors (Lipinski definition) is 1. The zero-order valence-electron chi connectivity index (χ0n) is 17.1. The van der Waals surface area contributed by atoms with Crippen molar-refractivity contribution < 1.29 is 28.6 Å². The Hall–Kier alpha value is -4.13. The van der Waals surface area contributed by atoms with Crippen molar-refractivity contribution in [2.75, 3.05) is 19.5 Å². The van der Waals surface area contributed by atoms with Crippen LogP contribution in [0.25, 0.3) is 0 Å². The molecular formula is C24H21NO6. The van der Waals surface area contributed by atoms with Gasteiger partial charge in [0.25, 0.3) is 5.91 Å². The summed E-state index contributed by atoms with van der Waals surface area (Å²) in [6, 6.07) is 20.6. The van der Waals surface area contributed by atoms with E-state index in [1.54, 1.807) is 24.3 Å². The Morgan fingerprint density at radius 1 is 0.742 bits per heavy atom. The van der Waals surface area contributed by atoms with Crippen LogP contribution in [0.5, 0.6) is 5.75 Å². The highest BCUT2D eigenvalue weighted by Crippen LogP contribution is 2.19. The second kappa shape index (κ2) is 10.1. The van der Waals surface area contributed by atoms with Gasteiger partial charge in [-0.3, -0.25) is 4.79 Å². The summed E-state index contributed by atoms with van der Waals surface area (Å²) in [6.45, 7) is 0.420. The van der Waals surface area contributed by atoms with Crippen LogP contribution >= 0.6 is 0 Å². The number of methoxy groups -OCH3 is 2. The number of nitrogens with one attached hydrogen (secondary N) is 1. The van der Waals surface area contributed by atoms with Crippen molar-refractivity contribution >= 4 is 23.5 Å². The highest BCUT2D eigenvalue weighted by molar-refractivity contribution is 6.06. The van der Waals surface area contributed by atoms with Crippen LogP contribution in [0, 0.1) is 0 Å². The first-order valence-electron chi connectivity index (χ1n) is 9.40. The molecule has 3 aromatic carbocycles. The average molecular weight is 419 g/mol. The smallest absolute Gasteiger partial charge is 0.337 e. The second-order valence-electron chi connectivity index (χ2n) is 6.53. The van der Waals surface area contributed by atoms with E-state index in [-0.39, 0.29) is 16.8 Å². The zero-order chi connectivity index (χ0) is 22.2. The molecule has 0 aromatic heterocycles. The lowest BCUT2D eigenvalue weighted by molar-refractivity contribution is 0.0599. The maximum absolute atomic E-state index is 12.6. The summed E-state index contributed by atoms with van der Waals surface area (Å²) >= 11 is 0. The van der Waals surface area contributed by atoms with Gasteiger partial charge in [-0.2, -0.15) is 0 Å². The van der Waals surface area contributed by atoms with Crippen molar-refractivity contribution in [1.29, 1.82) is 0 Å². The Bertz CT molecular complexity index is 1040. The van der Waals surface area contributed by atoms with Crippen molar-refractivity contribution in [2.24, 2.45) is 0 Å². The summed E-state index contributed by atoms with van der Waals surface area (Å²) in [6.07, 6.45) is 0. The number of ether oxygens (including phenoxy) is 3. The molecule has 158 valence electrons. The van der Waals surface area contributed by atoms with E-state index in [0.29, 0.717) is 17.9 Å². The van der Waals surface area contributed by atoms with E-state index in [2.05, 4.69) is 5.32 Å². The fraction of sp³-hybridized carbons (Fsp3) is 0.125. The number of hydrogen-bond acceptors (Lipinski definition) is 6. The molecule has 0 saturated carbocycles. The van der Waals surface area contributed by atoms with E-state index >= 15 is 0 Å². The third-order valence-corrected chi connectivity index (χ3v) is 4.40. The number of carbonyl (C=O) groups excluding carboxylic acids is 3. The van der Waals surface area contributed by atoms with Gasteiger partial charge in [0.2, 0.25) is 0 Å². The molecule has 1 N–H and O–H groups in total. The van der Waals surface area contributed by atoms with Gasteiger partial charge >= 0.3 is 11.9 Å². The van der Waals surface area contributed by atoms with Crippen LogP contribution in [0.15, 0.2) is 72.8 Å². The van der Waals surface area contributed by atoms with Gasteiger partial charge in [-0.1, -0.05) is 30.3 Å². The Kier molecular flexibility index (Phi) is 7.01. The fourth-order valence-electron chi connectivity index (χ4n) is 2.82. The molecule has 1 amide bonds. The molecule has 0 aliphatic heterocycles. The first-order valence-corrected chi connectivity index (χ1v) is 9.40. The monoisotopic (exact) mass is 419 g/mol. The van der Waals surface area contributed by atoms with E-state index in [9.17, 15) is 14.4 Å². The van der Waals surface area contributed by atoms with Crippen LogP contribution in [0.1, 0.15) is 36.6 Å². The third-order valence-electron chi connectivity index (χ3n) is 4.40. The summed E-state index contributed by atoms with van der Waals surface area (Å²) in [5.74, 6) is -1.06. The molecular weight excluding hydrogens is 398 g/mol. The molecule has 0 aliphatic carbocycles. The zero-order valence-corrected chi connectivity index (χ0v) is 17.1. The van der Waals surface area contributed by atoms with Gasteiger partial charge in [0.05, 0.1) is 25.3 Å². The molecule has 0 atom stereocenters. The Morgan fingerprint density at radius 2 is 1.32 bits per heavy atom. The summed E-state index contributed by atoms with van der Waals surface area (Å²) in [7, 11) is 2.46. The minimum absolute atomic E-state index is 0.116. The molecule has 0 unspecified atom stereocenters. The molecule has 3 aromatic rings. The molecule has 0 aliphatic rings. The molecule has 3 rings (SSSR count). The van der Waals surface area contributed by atoms with Gasteiger partial charge in [0.1, 0.15) is 12.4 Å². The van der Waals surface area contributed by atoms with Gasteiger partial charge in [0, 0.05) is 11.3 Å². The summed E-state index contributed by atoms with van der Waals surface area (Å²) in [5, 5.41) is 2.68. The molecule has 0 saturated heterocycles. The van der Waals surface area contributed by atoms with E-state index in [1.165, 1.54) is 32.4 Å². The number of anilines is 1. The van der Waals surface area contributed by atoms with Gasteiger partial charge in [-0.05, 0) is 48.0 Å². The Morgan fingerprint density at radius 3 is 1.87 bits per heavy atom. The van der Waals surface area contributed by atoms with Crippen molar-refractivity contribution in [3.05, 3.63) is 95.1 Å². The maximum atomic E-state index is 12.6. The number of amides is 1. The van der Waals surface area contributed by atoms with Crippen LogP contribution in [-0.2, 0) is 16.1 Å². The van der Waals surface area contributed by atoms with E-state index in [4.69, 9.17) is 14.2 Å². The molecule has 0 radical (unpaired) electrons. The lowest BCUT2D eigenvalue weighted by atomic mass is 10.1. The van der Waals surface area contributed by atoms with Crippen LogP contribution in [0.3, 0.4) is 0 Å². The van der Waals surface area contributed by atoms with Crippen LogP contribution < -0.4 is 10.1 Å². The van der Waals surface area contributed by atoms with Crippen LogP contribution in [-0.4, -0.2) is 32.1 Å². The van der Waals surface area contributed by atoms with Gasteiger partial charge < -0.3 is 19.5 Å². The fourth-order valence-corrected chi connectivity index (χ4v) is 2.82. The van der Waals surface area contributed by atoms with Crippen molar-refractivity contribution in [2.45, 2.75) is 6.61 Å². The molecule has 0 spiro atoms. The minimum Gasteiger partial charge on any atom is -0.489 e. The summed E-state index contributed by atoms with van der Waals surface area (Å²) in [5.41, 5.74) is 1.92. The van der Waals surface area contributed by atoms with Crippen molar-refractivity contribution in [1.82, 2.24) is 0 Å². The molecule has 0 bridgehead atoms. The lowest BCUT2D eigenvalue weighted by Crippen LogP contribution is -2.14. The predicted octanol–water partition coefficient (Wildman–Crippen LogP) is 4.09. The highest BCUT2D eigenvalue weighted by Gasteiger charge is 2.15. The summed E-state index contributed by atoms with van der Waals surface area (Å²) < 4.78 is 15.1. The molecule has 31 heavy (non-hydrogen) atoms. The topological polar surface area (TPSA) is 90.9 Å². The second-order valence-corrected chi connectivity index (χ2v) is 6.53. The lowest BCUT2D eigenvalue weighted by Gasteiger charge is -2.10. The SMILES string of the molecule is COC(=O)c1cc(NC(=O)c2ccc(OCc3ccccc3)cc2)cc(C(=O)OC)c1. The molecule has 7 heteroatoms. The van der Waals surface area contributed by atoms with Gasteiger partial charge in [0.15, 0.2) is 0 Å². The van der Waals surface area contributed by atoms with Gasteiger partial charge in [-0.25, -0.2) is 9.59 Å². The van der Waals surface area contributed by atoms with Gasteiger partial charge in [-0.15, -0.1) is 0 Å². The first-order chi connectivity index (χ1) is 15.0. The quantitative estimate of drug-likeness (QED) is 0.580. The number of carbonyl (C=O) groups is 3. The normalized spacial score (nSPS) is 10.1. The van der Waals surface area contributed by atoms with E-state index in [0.717, 1.165) is 5.56 Å². The van der Waals surface area contributed by atoms with Crippen LogP contribution in [0.4, 0.5) is 5.69 Å². The predicted molar refractivity (Wildman–Crippen MR) is 114 cm³/mol. The average Bonchev–Trinajstić information content (AvgIpc) is 2.82. The molecule has 0 heterocycles. The molecule has 7 nitrogen and oxygen atoms in total. The summed E-state index contributed by atoms with van der Waals surface area (Å²) in [4.78, 5) is 36.4.